The molecule has 172 valence electrons. The molecule has 1 heterocycles. The number of rotatable bonds is 8. The van der Waals surface area contributed by atoms with E-state index in [1.165, 1.54) is 0 Å². The number of ether oxygens (including phenoxy) is 1. The van der Waals surface area contributed by atoms with E-state index in [1.807, 2.05) is 38.1 Å². The molecule has 1 saturated carbocycles. The molecule has 0 spiro atoms. The number of nitrogens with zero attached hydrogens (tertiary/aromatic N) is 1. The topological polar surface area (TPSA) is 72.6 Å². The maximum Gasteiger partial charge on any atom is 0.316 e. The minimum Gasteiger partial charge on any atom is -0.516 e. The van der Waals surface area contributed by atoms with Gasteiger partial charge in [0, 0.05) is 11.1 Å². The van der Waals surface area contributed by atoms with Gasteiger partial charge < -0.3 is 14.4 Å². The van der Waals surface area contributed by atoms with E-state index in [9.17, 15) is 9.90 Å². The van der Waals surface area contributed by atoms with Crippen LogP contribution in [0.2, 0.25) is 0 Å². The van der Waals surface area contributed by atoms with E-state index in [2.05, 4.69) is 43.3 Å². The smallest absolute Gasteiger partial charge is 0.316 e. The lowest BCUT2D eigenvalue weighted by molar-refractivity contribution is -0.146. The van der Waals surface area contributed by atoms with Crippen LogP contribution in [0.25, 0.3) is 22.5 Å². The van der Waals surface area contributed by atoms with Crippen molar-refractivity contribution >= 4 is 5.97 Å². The second kappa shape index (κ2) is 8.89. The molecule has 5 nitrogen and oxygen atoms in total. The third-order valence-electron chi connectivity index (χ3n) is 6.48. The Morgan fingerprint density at radius 1 is 1.09 bits per heavy atom. The number of benzene rings is 2. The zero-order chi connectivity index (χ0) is 23.6. The molecule has 0 atom stereocenters. The van der Waals surface area contributed by atoms with Gasteiger partial charge in [-0.1, -0.05) is 67.5 Å². The molecule has 0 amide bonds. The number of hydrogen-bond acceptors (Lipinski definition) is 5. The minimum atomic E-state index is -0.446. The highest BCUT2D eigenvalue weighted by molar-refractivity contribution is 5.87. The van der Waals surface area contributed by atoms with Gasteiger partial charge in [0.2, 0.25) is 0 Å². The van der Waals surface area contributed by atoms with Gasteiger partial charge in [-0.3, -0.25) is 4.79 Å². The van der Waals surface area contributed by atoms with Crippen molar-refractivity contribution in [1.82, 2.24) is 5.16 Å². The zero-order valence-electron chi connectivity index (χ0n) is 19.7. The van der Waals surface area contributed by atoms with Gasteiger partial charge in [-0.15, -0.1) is 0 Å². The van der Waals surface area contributed by atoms with Gasteiger partial charge in [0.15, 0.2) is 5.76 Å². The fourth-order valence-electron chi connectivity index (χ4n) is 4.34. The Morgan fingerprint density at radius 3 is 2.21 bits per heavy atom. The third kappa shape index (κ3) is 4.58. The molecule has 0 saturated heterocycles. The lowest BCUT2D eigenvalue weighted by atomic mass is 9.84. The highest BCUT2D eigenvalue weighted by atomic mass is 16.5. The average molecular weight is 446 g/mol. The predicted molar refractivity (Wildman–Crippen MR) is 129 cm³/mol. The first-order chi connectivity index (χ1) is 15.8. The maximum atomic E-state index is 12.4. The summed E-state index contributed by atoms with van der Waals surface area (Å²) in [6.07, 6.45) is 5.29. The maximum absolute atomic E-state index is 12.4. The van der Waals surface area contributed by atoms with Gasteiger partial charge in [-0.05, 0) is 61.3 Å². The minimum absolute atomic E-state index is 0.113. The molecule has 5 heteroatoms. The first-order valence-corrected chi connectivity index (χ1v) is 11.5. The van der Waals surface area contributed by atoms with E-state index in [0.717, 1.165) is 58.4 Å². The zero-order valence-corrected chi connectivity index (χ0v) is 19.7. The van der Waals surface area contributed by atoms with Crippen LogP contribution in [0.15, 0.2) is 65.4 Å². The number of esters is 1. The van der Waals surface area contributed by atoms with Crippen LogP contribution in [0.4, 0.5) is 0 Å². The molecular formula is C28H31NO4. The van der Waals surface area contributed by atoms with Crippen molar-refractivity contribution in [3.8, 4) is 22.5 Å². The van der Waals surface area contributed by atoms with Crippen molar-refractivity contribution in [1.29, 1.82) is 0 Å². The van der Waals surface area contributed by atoms with E-state index >= 15 is 0 Å². The highest BCUT2D eigenvalue weighted by Gasteiger charge is 2.52. The van der Waals surface area contributed by atoms with Gasteiger partial charge in [0.25, 0.3) is 0 Å². The first kappa shape index (κ1) is 22.8. The predicted octanol–water partition coefficient (Wildman–Crippen LogP) is 6.55. The van der Waals surface area contributed by atoms with E-state index < -0.39 is 5.41 Å². The Bertz CT molecular complexity index is 1150. The Hall–Kier alpha value is -3.34. The molecule has 0 bridgehead atoms. The molecule has 1 fully saturated rings. The molecule has 0 unspecified atom stereocenters. The number of carbonyl (C=O) groups excluding carboxylic acids is 1. The Morgan fingerprint density at radius 2 is 1.67 bits per heavy atom. The van der Waals surface area contributed by atoms with Crippen molar-refractivity contribution in [2.45, 2.75) is 52.4 Å². The summed E-state index contributed by atoms with van der Waals surface area (Å²) >= 11 is 0. The fourth-order valence-corrected chi connectivity index (χ4v) is 4.34. The number of aryl methyl sites for hydroxylation is 1. The summed E-state index contributed by atoms with van der Waals surface area (Å²) in [6, 6.07) is 16.5. The van der Waals surface area contributed by atoms with Gasteiger partial charge in [-0.2, -0.15) is 0 Å². The Kier molecular flexibility index (Phi) is 6.15. The molecule has 2 aromatic carbocycles. The lowest BCUT2D eigenvalue weighted by Gasteiger charge is -2.19. The van der Waals surface area contributed by atoms with Crippen LogP contribution >= 0.6 is 0 Å². The van der Waals surface area contributed by atoms with Gasteiger partial charge in [-0.25, -0.2) is 0 Å². The van der Waals surface area contributed by atoms with Crippen molar-refractivity contribution in [2.24, 2.45) is 5.41 Å². The molecule has 4 rings (SSSR count). The van der Waals surface area contributed by atoms with Gasteiger partial charge in [0.1, 0.15) is 0 Å². The fraction of sp³-hybridized carbons (Fsp3) is 0.357. The van der Waals surface area contributed by atoms with Gasteiger partial charge >= 0.3 is 5.97 Å². The van der Waals surface area contributed by atoms with Crippen LogP contribution in [0.3, 0.4) is 0 Å². The monoisotopic (exact) mass is 445 g/mol. The van der Waals surface area contributed by atoms with Crippen LogP contribution in [0, 0.1) is 12.3 Å². The Labute approximate surface area is 195 Å². The SMILES string of the molecule is CCOC(=O)C1(c2ccc(-c3ccc(-c4onc(C)c4CC(C)(C)C=CO)cc3)cc2)CC1. The molecule has 1 aliphatic rings. The molecule has 0 aliphatic heterocycles. The second-order valence-corrected chi connectivity index (χ2v) is 9.51. The number of aromatic nitrogens is 1. The molecule has 1 aliphatic carbocycles. The van der Waals surface area contributed by atoms with Crippen molar-refractivity contribution < 1.29 is 19.2 Å². The first-order valence-electron chi connectivity index (χ1n) is 11.5. The van der Waals surface area contributed by atoms with E-state index in [1.54, 1.807) is 6.08 Å². The van der Waals surface area contributed by atoms with Crippen LogP contribution in [-0.2, 0) is 21.4 Å². The summed E-state index contributed by atoms with van der Waals surface area (Å²) in [4.78, 5) is 12.4. The standard InChI is InChI=1S/C28H31NO4/c1-5-32-26(31)28(14-15-28)23-12-10-21(11-13-23)20-6-8-22(9-7-20)25-24(19(2)29-33-25)18-27(3,4)16-17-30/h6-13,16-17,30H,5,14-15,18H2,1-4H3. The van der Waals surface area contributed by atoms with Crippen molar-refractivity contribution in [3.05, 3.63) is 77.7 Å². The summed E-state index contributed by atoms with van der Waals surface area (Å²) in [5, 5.41) is 13.4. The van der Waals surface area contributed by atoms with Crippen LogP contribution in [0.1, 0.15) is 50.4 Å². The number of aliphatic hydroxyl groups excluding tert-OH is 1. The number of allylic oxidation sites excluding steroid dienone is 1. The van der Waals surface area contributed by atoms with Crippen molar-refractivity contribution in [3.63, 3.8) is 0 Å². The van der Waals surface area contributed by atoms with Crippen LogP contribution in [-0.4, -0.2) is 22.8 Å². The van der Waals surface area contributed by atoms with E-state index in [-0.39, 0.29) is 11.4 Å². The number of carbonyl (C=O) groups is 1. The Balaban J connectivity index is 1.55. The largest absolute Gasteiger partial charge is 0.516 e. The summed E-state index contributed by atoms with van der Waals surface area (Å²) in [5.74, 6) is 0.650. The molecule has 1 aromatic heterocycles. The summed E-state index contributed by atoms with van der Waals surface area (Å²) in [6.45, 7) is 8.33. The molecule has 0 radical (unpaired) electrons. The third-order valence-corrected chi connectivity index (χ3v) is 6.48. The average Bonchev–Trinajstić information content (AvgIpc) is 3.54. The second-order valence-electron chi connectivity index (χ2n) is 9.51. The van der Waals surface area contributed by atoms with Crippen LogP contribution < -0.4 is 0 Å². The van der Waals surface area contributed by atoms with E-state index in [0.29, 0.717) is 13.0 Å². The van der Waals surface area contributed by atoms with E-state index in [4.69, 9.17) is 9.26 Å². The number of hydrogen-bond donors (Lipinski definition) is 1. The van der Waals surface area contributed by atoms with Gasteiger partial charge in [0.05, 0.1) is 24.0 Å². The van der Waals surface area contributed by atoms with Crippen molar-refractivity contribution in [2.75, 3.05) is 6.61 Å². The summed E-state index contributed by atoms with van der Waals surface area (Å²) < 4.78 is 11.0. The lowest BCUT2D eigenvalue weighted by Crippen LogP contribution is -2.23. The van der Waals surface area contributed by atoms with Crippen LogP contribution in [0.5, 0.6) is 0 Å². The number of aliphatic hydroxyl groups is 1. The summed E-state index contributed by atoms with van der Waals surface area (Å²) in [5.41, 5.74) is 5.42. The molecule has 1 N–H and O–H groups in total. The molecule has 33 heavy (non-hydrogen) atoms. The quantitative estimate of drug-likeness (QED) is 0.314. The molecular weight excluding hydrogens is 414 g/mol. The highest BCUT2D eigenvalue weighted by Crippen LogP contribution is 2.49. The summed E-state index contributed by atoms with van der Waals surface area (Å²) in [7, 11) is 0. The normalized spacial score (nSPS) is 15.0. The molecule has 3 aromatic rings.